The second-order valence-electron chi connectivity index (χ2n) is 6.32. The fourth-order valence-electron chi connectivity index (χ4n) is 2.67. The van der Waals surface area contributed by atoms with Crippen molar-refractivity contribution in [2.45, 2.75) is 39.2 Å². The molecule has 1 saturated carbocycles. The van der Waals surface area contributed by atoms with Crippen LogP contribution in [0.3, 0.4) is 0 Å². The van der Waals surface area contributed by atoms with E-state index in [0.29, 0.717) is 18.4 Å². The van der Waals surface area contributed by atoms with Crippen LogP contribution in [0.1, 0.15) is 38.3 Å². The lowest BCUT2D eigenvalue weighted by Crippen LogP contribution is -2.53. The Morgan fingerprint density at radius 3 is 2.65 bits per heavy atom. The molecule has 1 saturated heterocycles. The molecule has 0 radical (unpaired) electrons. The Morgan fingerprint density at radius 2 is 2.05 bits per heavy atom. The van der Waals surface area contributed by atoms with Gasteiger partial charge < -0.3 is 4.90 Å². The zero-order valence-electron chi connectivity index (χ0n) is 12.1. The maximum Gasteiger partial charge on any atom is 0.266 e. The normalized spacial score (nSPS) is 19.2. The van der Waals surface area contributed by atoms with Gasteiger partial charge in [-0.15, -0.1) is 0 Å². The molecule has 2 fully saturated rings. The van der Waals surface area contributed by atoms with Crippen molar-refractivity contribution >= 4 is 5.91 Å². The van der Waals surface area contributed by atoms with Gasteiger partial charge in [0, 0.05) is 36.9 Å². The second kappa shape index (κ2) is 5.04. The molecule has 5 heteroatoms. The molecule has 1 amide bonds. The zero-order valence-corrected chi connectivity index (χ0v) is 12.1. The van der Waals surface area contributed by atoms with Gasteiger partial charge in [-0.05, 0) is 18.9 Å². The van der Waals surface area contributed by atoms with Crippen LogP contribution in [-0.2, 0) is 11.3 Å². The number of likely N-dealkylation sites (tertiary alicyclic amines) is 1. The van der Waals surface area contributed by atoms with E-state index in [9.17, 15) is 9.59 Å². The van der Waals surface area contributed by atoms with Crippen LogP contribution in [0.25, 0.3) is 0 Å². The lowest BCUT2D eigenvalue weighted by Gasteiger charge is -2.40. The summed E-state index contributed by atoms with van der Waals surface area (Å²) in [5, 5.41) is 4.46. The quantitative estimate of drug-likeness (QED) is 0.830. The molecule has 0 bridgehead atoms. The van der Waals surface area contributed by atoms with E-state index >= 15 is 0 Å². The summed E-state index contributed by atoms with van der Waals surface area (Å²) in [6.07, 6.45) is 2.37. The van der Waals surface area contributed by atoms with Crippen molar-refractivity contribution in [3.05, 3.63) is 28.2 Å². The molecule has 0 spiro atoms. The van der Waals surface area contributed by atoms with Crippen LogP contribution in [-0.4, -0.2) is 33.7 Å². The number of amides is 1. The van der Waals surface area contributed by atoms with E-state index in [1.54, 1.807) is 10.7 Å². The molecule has 20 heavy (non-hydrogen) atoms. The van der Waals surface area contributed by atoms with Crippen LogP contribution in [0.5, 0.6) is 0 Å². The van der Waals surface area contributed by atoms with Gasteiger partial charge in [-0.25, -0.2) is 4.68 Å². The van der Waals surface area contributed by atoms with Crippen molar-refractivity contribution in [1.82, 2.24) is 14.7 Å². The average Bonchev–Trinajstić information content (AvgIpc) is 3.18. The van der Waals surface area contributed by atoms with Gasteiger partial charge in [-0.1, -0.05) is 13.8 Å². The SMILES string of the molecule is CC(C)C(=O)N1CC(Cn2nc(C3CC3)ccc2=O)C1. The van der Waals surface area contributed by atoms with E-state index in [2.05, 4.69) is 5.10 Å². The van der Waals surface area contributed by atoms with Gasteiger partial charge in [0.05, 0.1) is 12.2 Å². The van der Waals surface area contributed by atoms with Crippen molar-refractivity contribution in [3.63, 3.8) is 0 Å². The van der Waals surface area contributed by atoms with Gasteiger partial charge in [0.25, 0.3) is 5.56 Å². The van der Waals surface area contributed by atoms with Crippen molar-refractivity contribution in [1.29, 1.82) is 0 Å². The van der Waals surface area contributed by atoms with Gasteiger partial charge in [-0.3, -0.25) is 9.59 Å². The van der Waals surface area contributed by atoms with E-state index < -0.39 is 0 Å². The molecule has 1 aliphatic heterocycles. The summed E-state index contributed by atoms with van der Waals surface area (Å²) in [7, 11) is 0. The summed E-state index contributed by atoms with van der Waals surface area (Å²) in [6.45, 7) is 5.96. The fraction of sp³-hybridized carbons (Fsp3) is 0.667. The number of hydrogen-bond donors (Lipinski definition) is 0. The van der Waals surface area contributed by atoms with E-state index in [1.807, 2.05) is 24.8 Å². The number of rotatable bonds is 4. The second-order valence-corrected chi connectivity index (χ2v) is 6.32. The van der Waals surface area contributed by atoms with Gasteiger partial charge in [0.1, 0.15) is 0 Å². The van der Waals surface area contributed by atoms with E-state index in [-0.39, 0.29) is 17.4 Å². The minimum atomic E-state index is -0.0389. The maximum atomic E-state index is 11.8. The Bertz CT molecular complexity index is 569. The summed E-state index contributed by atoms with van der Waals surface area (Å²) >= 11 is 0. The molecule has 2 aliphatic rings. The van der Waals surface area contributed by atoms with E-state index in [4.69, 9.17) is 0 Å². The lowest BCUT2D eigenvalue weighted by atomic mass is 9.98. The molecule has 1 aromatic rings. The maximum absolute atomic E-state index is 11.8. The van der Waals surface area contributed by atoms with Gasteiger partial charge >= 0.3 is 0 Å². The predicted molar refractivity (Wildman–Crippen MR) is 75.4 cm³/mol. The van der Waals surface area contributed by atoms with Crippen LogP contribution in [0.15, 0.2) is 16.9 Å². The first-order valence-corrected chi connectivity index (χ1v) is 7.41. The molecule has 1 aliphatic carbocycles. The smallest absolute Gasteiger partial charge is 0.266 e. The number of nitrogens with zero attached hydrogens (tertiary/aromatic N) is 3. The lowest BCUT2D eigenvalue weighted by molar-refractivity contribution is -0.141. The average molecular weight is 275 g/mol. The third kappa shape index (κ3) is 2.62. The Kier molecular flexibility index (Phi) is 3.36. The summed E-state index contributed by atoms with van der Waals surface area (Å²) in [6, 6.07) is 3.47. The van der Waals surface area contributed by atoms with Crippen LogP contribution < -0.4 is 5.56 Å². The number of carbonyl (C=O) groups is 1. The van der Waals surface area contributed by atoms with Gasteiger partial charge in [-0.2, -0.15) is 5.10 Å². The predicted octanol–water partition coefficient (Wildman–Crippen LogP) is 1.24. The molecule has 2 heterocycles. The van der Waals surface area contributed by atoms with E-state index in [0.717, 1.165) is 18.8 Å². The van der Waals surface area contributed by atoms with Crippen molar-refractivity contribution in [2.24, 2.45) is 11.8 Å². The Labute approximate surface area is 118 Å². The minimum Gasteiger partial charge on any atom is -0.342 e. The molecule has 1 aromatic heterocycles. The first-order chi connectivity index (χ1) is 9.54. The van der Waals surface area contributed by atoms with Gasteiger partial charge in [0.2, 0.25) is 5.91 Å². The molecule has 3 rings (SSSR count). The number of carbonyl (C=O) groups excluding carboxylic acids is 1. The molecule has 5 nitrogen and oxygen atoms in total. The van der Waals surface area contributed by atoms with Crippen LogP contribution >= 0.6 is 0 Å². The molecule has 0 unspecified atom stereocenters. The molecule has 0 atom stereocenters. The molecule has 0 N–H and O–H groups in total. The first kappa shape index (κ1) is 13.3. The highest BCUT2D eigenvalue weighted by Gasteiger charge is 2.32. The largest absolute Gasteiger partial charge is 0.342 e. The highest BCUT2D eigenvalue weighted by molar-refractivity contribution is 5.78. The highest BCUT2D eigenvalue weighted by atomic mass is 16.2. The van der Waals surface area contributed by atoms with E-state index in [1.165, 1.54) is 12.8 Å². The minimum absolute atomic E-state index is 0.0389. The van der Waals surface area contributed by atoms with Gasteiger partial charge in [0.15, 0.2) is 0 Å². The summed E-state index contributed by atoms with van der Waals surface area (Å²) in [5.41, 5.74) is 1.00. The van der Waals surface area contributed by atoms with Crippen molar-refractivity contribution < 1.29 is 4.79 Å². The summed E-state index contributed by atoms with van der Waals surface area (Å²) in [5.74, 6) is 1.17. The monoisotopic (exact) mass is 275 g/mol. The van der Waals surface area contributed by atoms with Crippen LogP contribution in [0, 0.1) is 11.8 Å². The third-order valence-corrected chi connectivity index (χ3v) is 4.08. The molecular formula is C15H21N3O2. The Hall–Kier alpha value is -1.65. The Balaban J connectivity index is 1.61. The van der Waals surface area contributed by atoms with Crippen LogP contribution in [0.4, 0.5) is 0 Å². The Morgan fingerprint density at radius 1 is 1.35 bits per heavy atom. The highest BCUT2D eigenvalue weighted by Crippen LogP contribution is 2.38. The van der Waals surface area contributed by atoms with Crippen molar-refractivity contribution in [3.8, 4) is 0 Å². The molecular weight excluding hydrogens is 254 g/mol. The number of aromatic nitrogens is 2. The topological polar surface area (TPSA) is 55.2 Å². The number of hydrogen-bond acceptors (Lipinski definition) is 3. The standard InChI is InChI=1S/C15H21N3O2/c1-10(2)15(20)17-7-11(8-17)9-18-14(19)6-5-13(16-18)12-3-4-12/h5-6,10-12H,3-4,7-9H2,1-2H3. The molecule has 108 valence electrons. The summed E-state index contributed by atoms with van der Waals surface area (Å²) in [4.78, 5) is 25.5. The van der Waals surface area contributed by atoms with Crippen molar-refractivity contribution in [2.75, 3.05) is 13.1 Å². The first-order valence-electron chi connectivity index (χ1n) is 7.41. The fourth-order valence-corrected chi connectivity index (χ4v) is 2.67. The molecule has 0 aromatic carbocycles. The zero-order chi connectivity index (χ0) is 14.3. The summed E-state index contributed by atoms with van der Waals surface area (Å²) < 4.78 is 1.58. The third-order valence-electron chi connectivity index (χ3n) is 4.08. The van der Waals surface area contributed by atoms with Crippen LogP contribution in [0.2, 0.25) is 0 Å².